The number of fused-ring (bicyclic) bond motifs is 3. The fourth-order valence-corrected chi connectivity index (χ4v) is 14.8. The van der Waals surface area contributed by atoms with Crippen LogP contribution in [0.3, 0.4) is 0 Å². The number of carboxylic acids is 3. The fraction of sp³-hybridized carbons (Fsp3) is 0.571. The number of aromatic amines is 1. The molecule has 0 radical (unpaired) electrons. The molecule has 133 heavy (non-hydrogen) atoms. The Morgan fingerprint density at radius 2 is 0.917 bits per heavy atom. The predicted molar refractivity (Wildman–Crippen MR) is 469 cm³/mol. The number of benzene rings is 2. The number of hydrogen-bond acceptors (Lipinski definition) is 25. The van der Waals surface area contributed by atoms with Crippen molar-refractivity contribution in [1.29, 1.82) is 5.41 Å². The van der Waals surface area contributed by atoms with E-state index in [0.717, 1.165) is 18.7 Å². The van der Waals surface area contributed by atoms with Gasteiger partial charge in [-0.3, -0.25) is 106 Å². The molecule has 3 fully saturated rings. The molecule has 730 valence electrons. The number of aliphatic hydroxyl groups is 1. The lowest BCUT2D eigenvalue weighted by atomic mass is 10.0. The molecule has 49 heteroatoms. The lowest BCUT2D eigenvalue weighted by Crippen LogP contribution is -2.61. The molecule has 18 amide bonds. The highest BCUT2D eigenvalue weighted by Crippen LogP contribution is 2.25. The van der Waals surface area contributed by atoms with E-state index in [1.165, 1.54) is 36.1 Å². The molecule has 3 aliphatic rings. The largest absolute Gasteiger partial charge is 0.508 e. The van der Waals surface area contributed by atoms with Crippen molar-refractivity contribution in [2.75, 3.05) is 52.4 Å². The first kappa shape index (κ1) is 108. The summed E-state index contributed by atoms with van der Waals surface area (Å²) in [6.45, 7) is 0.936. The van der Waals surface area contributed by atoms with Crippen LogP contribution in [-0.2, 0) is 114 Å². The third kappa shape index (κ3) is 36.6. The standard InChI is InChI=1S/C84H123N23O26/c1-44-71(121)98-55(27-31-68(117)118)75(125)96-45(2)72(122)102-57(16-8-9-33-85)82(132)106-36-12-18-60(106)81(131)104-59(39-48-40-91-51-15-7-6-14-50(48)51)79(129)103-58(38-47-21-23-49(109)24-22-47)74(124)93-41-64(112)89-34-10-4-5-20-63(111)92-42-66(114)97-54(25-29-62(86)110)77(127)99-52(17-11-35-90-84(87)88)76(126)100-56(28-32-69(119)120)78(128)105-70(46(3)108)83(133)107-37-13-19-61(107)80(130)101-53(26-30-67(115)116)73(123)94-43-65(113)95-44/h6-7,14-15,21-24,40,44-46,52-61,70,91,108-109H,4-5,8-13,16-20,25-39,41-43,85H2,1-3H3,(H2,86,110)(H,89,112)(H,92,111)(H,93,124)(H,94,123)(H,95,113)(H,96,125)(H,97,114)(H,98,121)(H,99,127)(H,100,126)(H,101,130)(H,102,122)(H,103,129)(H,104,131)(H,105,128)(H,115,116)(H,117,118)(H,119,120)(H4,87,88,90)/t44-,45-,46-,52-,53-,54-,55-,56-,57-,58-,59-,60-,61-,70-/m0/s1. The van der Waals surface area contributed by atoms with E-state index < -0.39 is 286 Å². The molecule has 0 aliphatic carbocycles. The molecular formula is C84H123N23O26. The maximum absolute atomic E-state index is 15.0. The quantitative estimate of drug-likeness (QED) is 0.0213. The average molecular weight is 1870 g/mol. The molecule has 0 saturated carbocycles. The van der Waals surface area contributed by atoms with Gasteiger partial charge < -0.3 is 143 Å². The van der Waals surface area contributed by atoms with Crippen LogP contribution in [0.2, 0.25) is 0 Å². The molecule has 3 saturated heterocycles. The van der Waals surface area contributed by atoms with Crippen LogP contribution in [0, 0.1) is 5.41 Å². The first-order chi connectivity index (χ1) is 63.1. The minimum absolute atomic E-state index is 0.0226. The van der Waals surface area contributed by atoms with E-state index in [1.807, 2.05) is 0 Å². The Balaban J connectivity index is 1.28. The van der Waals surface area contributed by atoms with E-state index in [0.29, 0.717) is 41.3 Å². The summed E-state index contributed by atoms with van der Waals surface area (Å²) in [6.07, 6.45) is -4.79. The Morgan fingerprint density at radius 1 is 0.459 bits per heavy atom. The third-order valence-electron chi connectivity index (χ3n) is 22.0. The fourth-order valence-electron chi connectivity index (χ4n) is 14.8. The topological polar surface area (TPSA) is 776 Å². The zero-order valence-corrected chi connectivity index (χ0v) is 74.1. The number of nitrogens with two attached hydrogens (primary N) is 3. The van der Waals surface area contributed by atoms with Crippen LogP contribution in [0.15, 0.2) is 54.7 Å². The van der Waals surface area contributed by atoms with Crippen LogP contribution < -0.4 is 102 Å². The maximum atomic E-state index is 15.0. The lowest BCUT2D eigenvalue weighted by Gasteiger charge is -2.32. The van der Waals surface area contributed by atoms with Gasteiger partial charge in [-0.05, 0) is 153 Å². The number of rotatable bonds is 25. The van der Waals surface area contributed by atoms with E-state index in [9.17, 15) is 126 Å². The number of nitrogens with zero attached hydrogens (tertiary/aromatic N) is 2. The van der Waals surface area contributed by atoms with Crippen LogP contribution >= 0.6 is 0 Å². The first-order valence-corrected chi connectivity index (χ1v) is 43.9. The maximum Gasteiger partial charge on any atom is 0.303 e. The van der Waals surface area contributed by atoms with Crippen molar-refractivity contribution >= 4 is 141 Å². The number of carbonyl (C=O) groups excluding carboxylic acids is 18. The second-order valence-electron chi connectivity index (χ2n) is 32.6. The number of nitrogens with one attached hydrogen (secondary N) is 18. The summed E-state index contributed by atoms with van der Waals surface area (Å²) in [5.41, 5.74) is 18.4. The molecule has 14 atom stereocenters. The van der Waals surface area contributed by atoms with Crippen molar-refractivity contribution in [3.05, 3.63) is 65.9 Å². The van der Waals surface area contributed by atoms with Gasteiger partial charge in [0.25, 0.3) is 0 Å². The Bertz CT molecular complexity index is 4660. The van der Waals surface area contributed by atoms with Gasteiger partial charge in [-0.15, -0.1) is 0 Å². The number of phenols is 1. The smallest absolute Gasteiger partial charge is 0.303 e. The molecule has 3 aromatic rings. The minimum Gasteiger partial charge on any atom is -0.508 e. The zero-order valence-electron chi connectivity index (χ0n) is 74.1. The highest BCUT2D eigenvalue weighted by atomic mass is 16.4. The van der Waals surface area contributed by atoms with E-state index in [2.05, 4.69) is 90.1 Å². The molecule has 49 nitrogen and oxygen atoms in total. The van der Waals surface area contributed by atoms with Gasteiger partial charge in [0.15, 0.2) is 5.96 Å². The van der Waals surface area contributed by atoms with Gasteiger partial charge in [0.2, 0.25) is 106 Å². The van der Waals surface area contributed by atoms with Crippen LogP contribution in [0.1, 0.15) is 167 Å². The Kier molecular flexibility index (Phi) is 44.1. The summed E-state index contributed by atoms with van der Waals surface area (Å²) >= 11 is 0. The second kappa shape index (κ2) is 54.5. The van der Waals surface area contributed by atoms with Gasteiger partial charge in [0, 0.05) is 88.2 Å². The monoisotopic (exact) mass is 1870 g/mol. The summed E-state index contributed by atoms with van der Waals surface area (Å²) in [7, 11) is 0. The second-order valence-corrected chi connectivity index (χ2v) is 32.6. The number of hydrogen-bond donors (Lipinski definition) is 26. The van der Waals surface area contributed by atoms with Gasteiger partial charge in [0.05, 0.1) is 25.7 Å². The van der Waals surface area contributed by atoms with Crippen LogP contribution in [-0.4, -0.2) is 308 Å². The van der Waals surface area contributed by atoms with Crippen molar-refractivity contribution in [1.82, 2.24) is 99.9 Å². The number of unbranched alkanes of at least 4 members (excludes halogenated alkanes) is 1. The Hall–Kier alpha value is -14.2. The average Bonchev–Trinajstić information content (AvgIpc) is 1.68. The number of phenolic OH excluding ortho intramolecular Hbond substituents is 1. The highest BCUT2D eigenvalue weighted by molar-refractivity contribution is 6.02. The van der Waals surface area contributed by atoms with Crippen molar-refractivity contribution in [3.63, 3.8) is 0 Å². The number of amides is 18. The molecule has 29 N–H and O–H groups in total. The number of guanidine groups is 1. The number of carbonyl (C=O) groups is 21. The summed E-state index contributed by atoms with van der Waals surface area (Å²) in [4.78, 5) is 293. The molecular weight excluding hydrogens is 1750 g/mol. The van der Waals surface area contributed by atoms with Gasteiger partial charge in [-0.25, -0.2) is 0 Å². The number of aliphatic carboxylic acids is 3. The summed E-state index contributed by atoms with van der Waals surface area (Å²) in [5, 5.41) is 97.9. The number of H-pyrrole nitrogens is 1. The van der Waals surface area contributed by atoms with Crippen molar-refractivity contribution < 1.29 is 126 Å². The molecule has 6 rings (SSSR count). The SMILES string of the molecule is C[C@@H]1NC(=O)CNC(=O)[C@H](CCC(=O)O)NC(=O)[C@@H]2CCCN2C(=O)[C@H]([C@H](C)O)NC(=O)[C@H](CCC(=O)O)NC(=O)[C@H](CCCNC(=N)N)NC(=O)[C@H](CCC(N)=O)NC(=O)CNC(=O)CCCCCNC(=O)CNC(=O)[C@H](Cc2ccc(O)cc2)NC(=O)[C@H](Cc2c[nH]c3ccccc23)NC(=O)[C@@H]2CCCN2C(=O)[C@H](CCCCN)NC(=O)[C@H](C)NC(=O)[C@H](CCC(=O)O)NC1=O. The van der Waals surface area contributed by atoms with E-state index in [4.69, 9.17) is 22.6 Å². The van der Waals surface area contributed by atoms with E-state index in [-0.39, 0.29) is 116 Å². The Labute approximate surface area is 763 Å². The summed E-state index contributed by atoms with van der Waals surface area (Å²) in [5.74, 6) is -22.8. The van der Waals surface area contributed by atoms with Gasteiger partial charge >= 0.3 is 17.9 Å². The van der Waals surface area contributed by atoms with Crippen molar-refractivity contribution in [3.8, 4) is 5.75 Å². The number of para-hydroxylation sites is 1. The third-order valence-corrected chi connectivity index (χ3v) is 22.0. The summed E-state index contributed by atoms with van der Waals surface area (Å²) < 4.78 is 0. The van der Waals surface area contributed by atoms with Crippen molar-refractivity contribution in [2.45, 2.75) is 253 Å². The molecule has 0 unspecified atom stereocenters. The molecule has 3 aliphatic heterocycles. The lowest BCUT2D eigenvalue weighted by molar-refractivity contribution is -0.145. The molecule has 0 bridgehead atoms. The van der Waals surface area contributed by atoms with Crippen LogP contribution in [0.4, 0.5) is 0 Å². The highest BCUT2D eigenvalue weighted by Gasteiger charge is 2.44. The molecule has 0 spiro atoms. The van der Waals surface area contributed by atoms with Gasteiger partial charge in [0.1, 0.15) is 84.3 Å². The number of aliphatic hydroxyl groups excluding tert-OH is 1. The van der Waals surface area contributed by atoms with Gasteiger partial charge in [-0.1, -0.05) is 36.8 Å². The number of aromatic nitrogens is 1. The first-order valence-electron chi connectivity index (χ1n) is 43.9. The van der Waals surface area contributed by atoms with Crippen LogP contribution in [0.25, 0.3) is 10.9 Å². The zero-order chi connectivity index (χ0) is 98.1. The Morgan fingerprint density at radius 3 is 1.50 bits per heavy atom. The predicted octanol–water partition coefficient (Wildman–Crippen LogP) is -7.31. The molecule has 4 heterocycles. The number of carboxylic acid groups (broad SMARTS) is 3. The minimum atomic E-state index is -1.98. The van der Waals surface area contributed by atoms with E-state index >= 15 is 0 Å². The summed E-state index contributed by atoms with van der Waals surface area (Å²) in [6, 6.07) is -8.23. The van der Waals surface area contributed by atoms with Crippen molar-refractivity contribution in [2.24, 2.45) is 17.2 Å². The van der Waals surface area contributed by atoms with E-state index in [1.54, 1.807) is 30.5 Å². The number of aromatic hydroxyl groups is 1. The number of primary amides is 1. The normalized spacial score (nSPS) is 24.5. The molecule has 2 aromatic carbocycles. The van der Waals surface area contributed by atoms with Gasteiger partial charge in [-0.2, -0.15) is 0 Å². The molecule has 1 aromatic heterocycles. The van der Waals surface area contributed by atoms with Crippen LogP contribution in [0.5, 0.6) is 5.75 Å².